The summed E-state index contributed by atoms with van der Waals surface area (Å²) >= 11 is -2.19. The van der Waals surface area contributed by atoms with Gasteiger partial charge in [0.2, 0.25) is 0 Å². The van der Waals surface area contributed by atoms with Crippen molar-refractivity contribution in [3.8, 4) is 0 Å². The summed E-state index contributed by atoms with van der Waals surface area (Å²) in [6.07, 6.45) is 6.16. The molecule has 1 fully saturated rings. The summed E-state index contributed by atoms with van der Waals surface area (Å²) in [4.78, 5) is 12.6. The van der Waals surface area contributed by atoms with Crippen LogP contribution in [-0.4, -0.2) is 21.2 Å². The van der Waals surface area contributed by atoms with Crippen LogP contribution in [0.5, 0.6) is 0 Å². The predicted molar refractivity (Wildman–Crippen MR) is 126 cm³/mol. The van der Waals surface area contributed by atoms with Gasteiger partial charge in [0, 0.05) is 12.1 Å². The lowest BCUT2D eigenvalue weighted by atomic mass is 9.89. The minimum Gasteiger partial charge on any atom is -0.352 e. The summed E-state index contributed by atoms with van der Waals surface area (Å²) in [6, 6.07) is 20.9. The Morgan fingerprint density at radius 1 is 0.968 bits per heavy atom. The largest absolute Gasteiger partial charge is 0.352 e. The Morgan fingerprint density at radius 3 is 2.52 bits per heavy atom. The first-order chi connectivity index (χ1) is 15.1. The highest BCUT2D eigenvalue weighted by Crippen LogP contribution is 2.25. The first kappa shape index (κ1) is 21.5. The number of amides is 1. The van der Waals surface area contributed by atoms with Gasteiger partial charge in [-0.2, -0.15) is 0 Å². The van der Waals surface area contributed by atoms with Crippen molar-refractivity contribution in [2.75, 3.05) is 10.8 Å². The van der Waals surface area contributed by atoms with Crippen LogP contribution < -0.4 is 9.62 Å². The van der Waals surface area contributed by atoms with E-state index in [2.05, 4.69) is 5.32 Å². The topological polar surface area (TPSA) is 69.6 Å². The Bertz CT molecular complexity index is 1080. The number of benzene rings is 3. The highest BCUT2D eigenvalue weighted by molar-refractivity contribution is 7.80. The fourth-order valence-corrected chi connectivity index (χ4v) is 4.83. The average molecular weight is 437 g/mol. The van der Waals surface area contributed by atoms with E-state index in [9.17, 15) is 13.6 Å². The lowest BCUT2D eigenvalue weighted by molar-refractivity contribution is 0.0943. The number of rotatable bonds is 7. The van der Waals surface area contributed by atoms with E-state index in [0.29, 0.717) is 23.7 Å². The van der Waals surface area contributed by atoms with Gasteiger partial charge in [-0.25, -0.2) is 4.21 Å². The Hall–Kier alpha value is -2.70. The summed E-state index contributed by atoms with van der Waals surface area (Å²) in [6.45, 7) is 0.943. The van der Waals surface area contributed by atoms with Crippen LogP contribution >= 0.6 is 0 Å². The maximum Gasteiger partial charge on any atom is 0.262 e. The van der Waals surface area contributed by atoms with Crippen molar-refractivity contribution < 1.29 is 13.6 Å². The lowest BCUT2D eigenvalue weighted by Crippen LogP contribution is -2.30. The third-order valence-corrected chi connectivity index (χ3v) is 6.72. The lowest BCUT2D eigenvalue weighted by Gasteiger charge is -2.22. The van der Waals surface area contributed by atoms with E-state index in [1.54, 1.807) is 12.1 Å². The molecule has 1 aliphatic rings. The van der Waals surface area contributed by atoms with E-state index in [1.807, 2.05) is 54.6 Å². The van der Waals surface area contributed by atoms with E-state index in [-0.39, 0.29) is 12.5 Å². The summed E-state index contributed by atoms with van der Waals surface area (Å²) in [5.41, 5.74) is 2.04. The molecule has 3 aromatic carbocycles. The van der Waals surface area contributed by atoms with Gasteiger partial charge in [-0.15, -0.1) is 0 Å². The predicted octanol–water partition coefficient (Wildman–Crippen LogP) is 5.29. The van der Waals surface area contributed by atoms with Crippen molar-refractivity contribution in [1.29, 1.82) is 0 Å². The number of nitrogens with zero attached hydrogens (tertiary/aromatic N) is 1. The van der Waals surface area contributed by atoms with Crippen molar-refractivity contribution in [3.63, 3.8) is 0 Å². The normalized spacial score (nSPS) is 15.5. The van der Waals surface area contributed by atoms with Crippen molar-refractivity contribution in [3.05, 3.63) is 77.9 Å². The van der Waals surface area contributed by atoms with Crippen molar-refractivity contribution in [2.45, 2.75) is 38.6 Å². The molecule has 31 heavy (non-hydrogen) atoms. The SMILES string of the molecule is O=C(NCC1CCCCC1)c1cccc(CN(c2ccc3ccccc3c2)S(=O)O)c1. The highest BCUT2D eigenvalue weighted by atomic mass is 32.2. The maximum atomic E-state index is 12.6. The monoisotopic (exact) mass is 436 g/mol. The second kappa shape index (κ2) is 10.1. The molecular weight excluding hydrogens is 408 g/mol. The molecule has 2 N–H and O–H groups in total. The van der Waals surface area contributed by atoms with Crippen LogP contribution in [0.3, 0.4) is 0 Å². The van der Waals surface area contributed by atoms with Crippen LogP contribution in [0.1, 0.15) is 48.0 Å². The van der Waals surface area contributed by atoms with Gasteiger partial charge in [-0.3, -0.25) is 13.7 Å². The Kier molecular flexibility index (Phi) is 6.99. The van der Waals surface area contributed by atoms with Crippen LogP contribution in [0.15, 0.2) is 66.7 Å². The molecule has 1 atom stereocenters. The minimum atomic E-state index is -2.19. The Balaban J connectivity index is 1.47. The van der Waals surface area contributed by atoms with Crippen LogP contribution in [-0.2, 0) is 17.8 Å². The number of hydrogen-bond acceptors (Lipinski definition) is 2. The first-order valence-electron chi connectivity index (χ1n) is 10.8. The quantitative estimate of drug-likeness (QED) is 0.494. The first-order valence-corrected chi connectivity index (χ1v) is 11.9. The van der Waals surface area contributed by atoms with Crippen LogP contribution in [0, 0.1) is 5.92 Å². The van der Waals surface area contributed by atoms with Crippen LogP contribution in [0.4, 0.5) is 5.69 Å². The molecule has 0 spiro atoms. The van der Waals surface area contributed by atoms with E-state index in [4.69, 9.17) is 0 Å². The third-order valence-electron chi connectivity index (χ3n) is 6.00. The summed E-state index contributed by atoms with van der Waals surface area (Å²) in [7, 11) is 0. The smallest absolute Gasteiger partial charge is 0.262 e. The van der Waals surface area contributed by atoms with Crippen molar-refractivity contribution in [1.82, 2.24) is 5.32 Å². The zero-order valence-electron chi connectivity index (χ0n) is 17.5. The molecule has 0 heterocycles. The number of hydrogen-bond donors (Lipinski definition) is 2. The maximum absolute atomic E-state index is 12.6. The second-order valence-corrected chi connectivity index (χ2v) is 9.12. The molecule has 5 nitrogen and oxygen atoms in total. The van der Waals surface area contributed by atoms with E-state index in [1.165, 1.54) is 36.4 Å². The fraction of sp³-hybridized carbons (Fsp3) is 0.320. The zero-order chi connectivity index (χ0) is 21.6. The molecule has 0 aromatic heterocycles. The Morgan fingerprint density at radius 2 is 1.74 bits per heavy atom. The van der Waals surface area contributed by atoms with Gasteiger partial charge in [0.15, 0.2) is 0 Å². The molecule has 1 unspecified atom stereocenters. The fourth-order valence-electron chi connectivity index (χ4n) is 4.28. The summed E-state index contributed by atoms with van der Waals surface area (Å²) < 4.78 is 23.4. The Labute approximate surface area is 185 Å². The molecule has 3 aromatic rings. The average Bonchev–Trinajstić information content (AvgIpc) is 2.81. The minimum absolute atomic E-state index is 0.0881. The molecule has 162 valence electrons. The third kappa shape index (κ3) is 5.51. The summed E-state index contributed by atoms with van der Waals surface area (Å²) in [5.74, 6) is 0.482. The number of fused-ring (bicyclic) bond motifs is 1. The van der Waals surface area contributed by atoms with Gasteiger partial charge in [0.25, 0.3) is 17.2 Å². The van der Waals surface area contributed by atoms with Crippen molar-refractivity contribution in [2.24, 2.45) is 5.92 Å². The number of carbonyl (C=O) groups is 1. The van der Waals surface area contributed by atoms with Crippen LogP contribution in [0.25, 0.3) is 10.8 Å². The number of nitrogens with one attached hydrogen (secondary N) is 1. The van der Waals surface area contributed by atoms with Crippen molar-refractivity contribution >= 4 is 33.6 Å². The van der Waals surface area contributed by atoms with Gasteiger partial charge in [0.05, 0.1) is 12.2 Å². The molecule has 1 amide bonds. The molecule has 6 heteroatoms. The van der Waals surface area contributed by atoms with Gasteiger partial charge in [0.1, 0.15) is 0 Å². The van der Waals surface area contributed by atoms with Gasteiger partial charge in [-0.05, 0) is 59.4 Å². The molecular formula is C25H28N2O3S. The number of carbonyl (C=O) groups excluding carboxylic acids is 1. The molecule has 1 saturated carbocycles. The molecule has 0 radical (unpaired) electrons. The highest BCUT2D eigenvalue weighted by Gasteiger charge is 2.17. The molecule has 0 saturated heterocycles. The second-order valence-electron chi connectivity index (χ2n) is 8.21. The zero-order valence-corrected chi connectivity index (χ0v) is 18.3. The van der Waals surface area contributed by atoms with E-state index >= 15 is 0 Å². The van der Waals surface area contributed by atoms with E-state index < -0.39 is 11.3 Å². The standard InChI is InChI=1S/C25H28N2O3S/c28-25(26-17-19-7-2-1-3-8-19)23-12-6-9-20(15-23)18-27(31(29)30)24-14-13-21-10-4-5-11-22(21)16-24/h4-6,9-16,19H,1-3,7-8,17-18H2,(H,26,28)(H,29,30). The van der Waals surface area contributed by atoms with Crippen LogP contribution in [0.2, 0.25) is 0 Å². The number of anilines is 1. The van der Waals surface area contributed by atoms with E-state index in [0.717, 1.165) is 16.3 Å². The van der Waals surface area contributed by atoms with Gasteiger partial charge >= 0.3 is 0 Å². The summed E-state index contributed by atoms with van der Waals surface area (Å²) in [5, 5.41) is 5.14. The van der Waals surface area contributed by atoms with Gasteiger partial charge < -0.3 is 5.32 Å². The molecule has 1 aliphatic carbocycles. The molecule has 0 bridgehead atoms. The molecule has 4 rings (SSSR count). The molecule has 0 aliphatic heterocycles. The van der Waals surface area contributed by atoms with Gasteiger partial charge in [-0.1, -0.05) is 61.7 Å².